The normalized spacial score (nSPS) is 9.90. The minimum Gasteiger partial charge on any atom is -0.480 e. The van der Waals surface area contributed by atoms with Crippen molar-refractivity contribution in [1.29, 1.82) is 5.26 Å². The van der Waals surface area contributed by atoms with Crippen molar-refractivity contribution < 1.29 is 19.1 Å². The number of anilines is 1. The minimum absolute atomic E-state index is 0.0981. The Balaban J connectivity index is 2.13. The average molecular weight is 289 g/mol. The van der Waals surface area contributed by atoms with Gasteiger partial charge in [-0.15, -0.1) is 5.10 Å². The molecule has 0 aliphatic carbocycles. The number of nitrogens with one attached hydrogen (secondary N) is 1. The molecule has 0 spiro atoms. The van der Waals surface area contributed by atoms with E-state index in [-0.39, 0.29) is 16.9 Å². The molecule has 2 rings (SSSR count). The molecule has 0 radical (unpaired) electrons. The van der Waals surface area contributed by atoms with Gasteiger partial charge in [-0.2, -0.15) is 5.26 Å². The number of nitriles is 1. The summed E-state index contributed by atoms with van der Waals surface area (Å²) >= 11 is 0. The summed E-state index contributed by atoms with van der Waals surface area (Å²) in [6, 6.07) is 5.16. The van der Waals surface area contributed by atoms with Gasteiger partial charge in [0.25, 0.3) is 5.91 Å². The van der Waals surface area contributed by atoms with Gasteiger partial charge in [-0.1, -0.05) is 5.21 Å². The van der Waals surface area contributed by atoms with E-state index in [1.54, 1.807) is 6.07 Å². The molecule has 2 N–H and O–H groups in total. The van der Waals surface area contributed by atoms with E-state index < -0.39 is 24.2 Å². The molecule has 0 aliphatic heterocycles. The van der Waals surface area contributed by atoms with Crippen molar-refractivity contribution in [1.82, 2.24) is 15.0 Å². The SMILES string of the molecule is N#Cc1cc(NC(=O)c2cn(CC(=O)O)nn2)ccc1F. The maximum Gasteiger partial charge on any atom is 0.325 e. The number of carboxylic acids is 1. The molecule has 1 aromatic heterocycles. The Morgan fingerprint density at radius 3 is 2.90 bits per heavy atom. The minimum atomic E-state index is -1.12. The number of hydrogen-bond acceptors (Lipinski definition) is 5. The van der Waals surface area contributed by atoms with Crippen molar-refractivity contribution in [3.8, 4) is 6.07 Å². The van der Waals surface area contributed by atoms with Gasteiger partial charge >= 0.3 is 5.97 Å². The van der Waals surface area contributed by atoms with Gasteiger partial charge in [0.05, 0.1) is 11.8 Å². The van der Waals surface area contributed by atoms with E-state index in [0.717, 1.165) is 16.9 Å². The molecular weight excluding hydrogens is 281 g/mol. The van der Waals surface area contributed by atoms with Gasteiger partial charge < -0.3 is 10.4 Å². The zero-order chi connectivity index (χ0) is 15.4. The van der Waals surface area contributed by atoms with E-state index in [4.69, 9.17) is 10.4 Å². The molecule has 0 saturated heterocycles. The maximum atomic E-state index is 13.1. The number of aliphatic carboxylic acids is 1. The fourth-order valence-corrected chi connectivity index (χ4v) is 1.50. The van der Waals surface area contributed by atoms with Gasteiger partial charge in [0.2, 0.25) is 0 Å². The highest BCUT2D eigenvalue weighted by molar-refractivity contribution is 6.02. The summed E-state index contributed by atoms with van der Waals surface area (Å²) in [5.41, 5.74) is -0.0906. The number of hydrogen-bond donors (Lipinski definition) is 2. The van der Waals surface area contributed by atoms with Gasteiger partial charge in [0.15, 0.2) is 5.69 Å². The van der Waals surface area contributed by atoms with Gasteiger partial charge in [0, 0.05) is 5.69 Å². The lowest BCUT2D eigenvalue weighted by molar-refractivity contribution is -0.137. The van der Waals surface area contributed by atoms with Crippen LogP contribution in [-0.2, 0) is 11.3 Å². The Hall–Kier alpha value is -3.28. The Kier molecular flexibility index (Phi) is 3.90. The standard InChI is InChI=1S/C12H8FN5O3/c13-9-2-1-8(3-7(9)4-14)15-12(21)10-5-18(17-16-10)6-11(19)20/h1-3,5H,6H2,(H,15,21)(H,19,20). The number of carbonyl (C=O) groups excluding carboxylic acids is 1. The Bertz CT molecular complexity index is 750. The molecule has 1 heterocycles. The molecular formula is C12H8FN5O3. The fourth-order valence-electron chi connectivity index (χ4n) is 1.50. The van der Waals surface area contributed by atoms with Crippen molar-refractivity contribution in [2.24, 2.45) is 0 Å². The van der Waals surface area contributed by atoms with Gasteiger partial charge in [-0.05, 0) is 18.2 Å². The Morgan fingerprint density at radius 1 is 1.48 bits per heavy atom. The molecule has 9 heteroatoms. The number of carbonyl (C=O) groups is 2. The van der Waals surface area contributed by atoms with Crippen molar-refractivity contribution in [2.45, 2.75) is 6.54 Å². The van der Waals surface area contributed by atoms with Crippen LogP contribution < -0.4 is 5.32 Å². The second-order valence-electron chi connectivity index (χ2n) is 3.96. The summed E-state index contributed by atoms with van der Waals surface area (Å²) in [6.07, 6.45) is 1.16. The Labute approximate surface area is 117 Å². The highest BCUT2D eigenvalue weighted by Crippen LogP contribution is 2.14. The van der Waals surface area contributed by atoms with Crippen molar-refractivity contribution in [2.75, 3.05) is 5.32 Å². The number of nitrogens with zero attached hydrogens (tertiary/aromatic N) is 4. The monoisotopic (exact) mass is 289 g/mol. The van der Waals surface area contributed by atoms with E-state index in [1.807, 2.05) is 0 Å². The average Bonchev–Trinajstić information content (AvgIpc) is 2.88. The molecule has 0 atom stereocenters. The van der Waals surface area contributed by atoms with Crippen molar-refractivity contribution >= 4 is 17.6 Å². The molecule has 106 valence electrons. The quantitative estimate of drug-likeness (QED) is 0.851. The smallest absolute Gasteiger partial charge is 0.325 e. The third kappa shape index (κ3) is 3.38. The number of rotatable bonds is 4. The summed E-state index contributed by atoms with van der Waals surface area (Å²) in [5.74, 6) is -2.46. The number of benzene rings is 1. The van der Waals surface area contributed by atoms with Crippen LogP contribution >= 0.6 is 0 Å². The van der Waals surface area contributed by atoms with Crippen LogP contribution in [0.2, 0.25) is 0 Å². The van der Waals surface area contributed by atoms with E-state index in [9.17, 15) is 14.0 Å². The zero-order valence-electron chi connectivity index (χ0n) is 10.4. The summed E-state index contributed by atoms with van der Waals surface area (Å²) < 4.78 is 14.1. The lowest BCUT2D eigenvalue weighted by Crippen LogP contribution is -2.13. The lowest BCUT2D eigenvalue weighted by atomic mass is 10.2. The number of halogens is 1. The molecule has 21 heavy (non-hydrogen) atoms. The van der Waals surface area contributed by atoms with Crippen molar-refractivity contribution in [3.05, 3.63) is 41.5 Å². The molecule has 0 aliphatic rings. The highest BCUT2D eigenvalue weighted by Gasteiger charge is 2.13. The first-order valence-electron chi connectivity index (χ1n) is 5.62. The summed E-state index contributed by atoms with van der Waals surface area (Å²) in [4.78, 5) is 22.3. The Morgan fingerprint density at radius 2 is 2.24 bits per heavy atom. The number of amides is 1. The third-order valence-electron chi connectivity index (χ3n) is 2.41. The summed E-state index contributed by atoms with van der Waals surface area (Å²) in [6.45, 7) is -0.421. The summed E-state index contributed by atoms with van der Waals surface area (Å²) in [5, 5.41) is 26.7. The highest BCUT2D eigenvalue weighted by atomic mass is 19.1. The van der Waals surface area contributed by atoms with E-state index in [0.29, 0.717) is 0 Å². The predicted octanol–water partition coefficient (Wildman–Crippen LogP) is 0.626. The maximum absolute atomic E-state index is 13.1. The predicted molar refractivity (Wildman–Crippen MR) is 66.7 cm³/mol. The second-order valence-corrected chi connectivity index (χ2v) is 3.96. The number of aromatic nitrogens is 3. The van der Waals surface area contributed by atoms with Gasteiger partial charge in [-0.25, -0.2) is 9.07 Å². The lowest BCUT2D eigenvalue weighted by Gasteiger charge is -2.03. The molecule has 0 fully saturated rings. The zero-order valence-corrected chi connectivity index (χ0v) is 10.4. The van der Waals surface area contributed by atoms with Crippen LogP contribution in [0.5, 0.6) is 0 Å². The van der Waals surface area contributed by atoms with Crippen LogP contribution in [-0.4, -0.2) is 32.0 Å². The van der Waals surface area contributed by atoms with Crippen LogP contribution in [0.15, 0.2) is 24.4 Å². The fraction of sp³-hybridized carbons (Fsp3) is 0.0833. The van der Waals surface area contributed by atoms with Crippen molar-refractivity contribution in [3.63, 3.8) is 0 Å². The van der Waals surface area contributed by atoms with Gasteiger partial charge in [-0.3, -0.25) is 9.59 Å². The topological polar surface area (TPSA) is 121 Å². The van der Waals surface area contributed by atoms with Crippen LogP contribution in [0.1, 0.15) is 16.1 Å². The van der Waals surface area contributed by atoms with Crippen LogP contribution in [0.25, 0.3) is 0 Å². The molecule has 0 saturated carbocycles. The largest absolute Gasteiger partial charge is 0.480 e. The van der Waals surface area contributed by atoms with Crippen LogP contribution in [0.4, 0.5) is 10.1 Å². The molecule has 1 amide bonds. The van der Waals surface area contributed by atoms with E-state index in [2.05, 4.69) is 15.6 Å². The first-order valence-corrected chi connectivity index (χ1v) is 5.62. The first-order chi connectivity index (χ1) is 9.99. The van der Waals surface area contributed by atoms with Gasteiger partial charge in [0.1, 0.15) is 18.4 Å². The molecule has 0 unspecified atom stereocenters. The second kappa shape index (κ2) is 5.79. The third-order valence-corrected chi connectivity index (χ3v) is 2.41. The first kappa shape index (κ1) is 14.1. The molecule has 2 aromatic rings. The summed E-state index contributed by atoms with van der Waals surface area (Å²) in [7, 11) is 0. The van der Waals surface area contributed by atoms with E-state index in [1.165, 1.54) is 12.1 Å². The number of carboxylic acid groups (broad SMARTS) is 1. The van der Waals surface area contributed by atoms with E-state index >= 15 is 0 Å². The molecule has 0 bridgehead atoms. The molecule has 8 nitrogen and oxygen atoms in total. The molecule has 1 aromatic carbocycles. The van der Waals surface area contributed by atoms with Crippen LogP contribution in [0.3, 0.4) is 0 Å². The van der Waals surface area contributed by atoms with Crippen LogP contribution in [0, 0.1) is 17.1 Å².